The van der Waals surface area contributed by atoms with Crippen molar-refractivity contribution >= 4 is 0 Å². The van der Waals surface area contributed by atoms with Gasteiger partial charge in [0.1, 0.15) is 0 Å². The van der Waals surface area contributed by atoms with E-state index in [1.54, 1.807) is 0 Å². The Morgan fingerprint density at radius 2 is 1.79 bits per heavy atom. The second-order valence-corrected chi connectivity index (χ2v) is 4.50. The van der Waals surface area contributed by atoms with Crippen molar-refractivity contribution in [1.82, 2.24) is 10.6 Å². The highest BCUT2D eigenvalue weighted by Gasteiger charge is 2.12. The van der Waals surface area contributed by atoms with Crippen LogP contribution in [0.4, 0.5) is 0 Å². The van der Waals surface area contributed by atoms with Crippen molar-refractivity contribution in [3.8, 4) is 0 Å². The van der Waals surface area contributed by atoms with Gasteiger partial charge in [0.25, 0.3) is 0 Å². The molecule has 1 aliphatic rings. The van der Waals surface area contributed by atoms with E-state index in [2.05, 4.69) is 10.6 Å². The van der Waals surface area contributed by atoms with E-state index < -0.39 is 0 Å². The molecular formula is C12H26N2. The molecule has 0 aromatic rings. The molecule has 1 aliphatic carbocycles. The van der Waals surface area contributed by atoms with Gasteiger partial charge in [-0.2, -0.15) is 0 Å². The molecule has 2 heteroatoms. The summed E-state index contributed by atoms with van der Waals surface area (Å²) in [5.74, 6) is 1.05. The molecule has 2 nitrogen and oxygen atoms in total. The minimum atomic E-state index is 1.05. The molecule has 2 N–H and O–H groups in total. The van der Waals surface area contributed by atoms with E-state index in [-0.39, 0.29) is 0 Å². The van der Waals surface area contributed by atoms with E-state index in [4.69, 9.17) is 0 Å². The van der Waals surface area contributed by atoms with Crippen LogP contribution in [0.15, 0.2) is 0 Å². The second-order valence-electron chi connectivity index (χ2n) is 4.50. The number of hydrogen-bond donors (Lipinski definition) is 2. The zero-order chi connectivity index (χ0) is 10.1. The molecule has 1 rings (SSSR count). The maximum atomic E-state index is 3.46. The Hall–Kier alpha value is -0.0800. The average Bonchev–Trinajstić information content (AvgIpc) is 2.25. The first kappa shape index (κ1) is 12.0. The van der Waals surface area contributed by atoms with Crippen molar-refractivity contribution in [2.75, 3.05) is 26.7 Å². The van der Waals surface area contributed by atoms with Crippen molar-refractivity contribution in [3.05, 3.63) is 0 Å². The van der Waals surface area contributed by atoms with Crippen LogP contribution in [0.5, 0.6) is 0 Å². The molecule has 0 radical (unpaired) electrons. The van der Waals surface area contributed by atoms with E-state index in [1.165, 1.54) is 51.5 Å². The third-order valence-electron chi connectivity index (χ3n) is 3.24. The molecule has 0 heterocycles. The van der Waals surface area contributed by atoms with Crippen LogP contribution >= 0.6 is 0 Å². The summed E-state index contributed by atoms with van der Waals surface area (Å²) in [7, 11) is 2.00. The lowest BCUT2D eigenvalue weighted by molar-refractivity contribution is 0.330. The largest absolute Gasteiger partial charge is 0.318 e. The summed E-state index contributed by atoms with van der Waals surface area (Å²) in [5, 5.41) is 6.61. The Labute approximate surface area is 88.8 Å². The molecule has 0 bridgehead atoms. The van der Waals surface area contributed by atoms with Crippen molar-refractivity contribution in [3.63, 3.8) is 0 Å². The van der Waals surface area contributed by atoms with Gasteiger partial charge in [-0.1, -0.05) is 32.1 Å². The predicted octanol–water partition coefficient (Wildman–Crippen LogP) is 2.16. The van der Waals surface area contributed by atoms with Crippen LogP contribution in [0.1, 0.15) is 44.9 Å². The SMILES string of the molecule is CNCCNCCCC1CCCCC1. The fourth-order valence-corrected chi connectivity index (χ4v) is 2.33. The van der Waals surface area contributed by atoms with Gasteiger partial charge < -0.3 is 10.6 Å². The monoisotopic (exact) mass is 198 g/mol. The van der Waals surface area contributed by atoms with Crippen molar-refractivity contribution in [2.24, 2.45) is 5.92 Å². The van der Waals surface area contributed by atoms with Crippen LogP contribution in [0.3, 0.4) is 0 Å². The minimum absolute atomic E-state index is 1.05. The van der Waals surface area contributed by atoms with Crippen LogP contribution < -0.4 is 10.6 Å². The maximum absolute atomic E-state index is 3.46. The summed E-state index contributed by atoms with van der Waals surface area (Å²) in [4.78, 5) is 0. The lowest BCUT2D eigenvalue weighted by Crippen LogP contribution is -2.26. The van der Waals surface area contributed by atoms with Crippen molar-refractivity contribution in [1.29, 1.82) is 0 Å². The molecule has 84 valence electrons. The molecule has 0 aromatic heterocycles. The van der Waals surface area contributed by atoms with Gasteiger partial charge in [-0.15, -0.1) is 0 Å². The summed E-state index contributed by atoms with van der Waals surface area (Å²) in [6.45, 7) is 3.41. The molecular weight excluding hydrogens is 172 g/mol. The number of hydrogen-bond acceptors (Lipinski definition) is 2. The summed E-state index contributed by atoms with van der Waals surface area (Å²) in [6, 6.07) is 0. The molecule has 0 saturated heterocycles. The summed E-state index contributed by atoms with van der Waals surface area (Å²) >= 11 is 0. The van der Waals surface area contributed by atoms with Gasteiger partial charge in [0, 0.05) is 13.1 Å². The van der Waals surface area contributed by atoms with Gasteiger partial charge in [-0.05, 0) is 32.4 Å². The van der Waals surface area contributed by atoms with Gasteiger partial charge >= 0.3 is 0 Å². The van der Waals surface area contributed by atoms with E-state index >= 15 is 0 Å². The highest BCUT2D eigenvalue weighted by molar-refractivity contribution is 4.66. The van der Waals surface area contributed by atoms with Crippen LogP contribution in [0, 0.1) is 5.92 Å². The van der Waals surface area contributed by atoms with E-state index in [9.17, 15) is 0 Å². The quantitative estimate of drug-likeness (QED) is 0.613. The Balaban J connectivity index is 1.82. The topological polar surface area (TPSA) is 24.1 Å². The standard InChI is InChI=1S/C12H26N2/c1-13-10-11-14-9-5-8-12-6-3-2-4-7-12/h12-14H,2-11H2,1H3. The maximum Gasteiger partial charge on any atom is 0.00766 e. The number of rotatable bonds is 7. The van der Waals surface area contributed by atoms with E-state index in [0.29, 0.717) is 0 Å². The molecule has 0 amide bonds. The fourth-order valence-electron chi connectivity index (χ4n) is 2.33. The van der Waals surface area contributed by atoms with Gasteiger partial charge in [-0.25, -0.2) is 0 Å². The summed E-state index contributed by atoms with van der Waals surface area (Å²) < 4.78 is 0. The molecule has 14 heavy (non-hydrogen) atoms. The average molecular weight is 198 g/mol. The Bertz CT molecular complexity index is 119. The zero-order valence-electron chi connectivity index (χ0n) is 9.65. The molecule has 1 fully saturated rings. The van der Waals surface area contributed by atoms with Crippen molar-refractivity contribution in [2.45, 2.75) is 44.9 Å². The van der Waals surface area contributed by atoms with Crippen LogP contribution in [0.25, 0.3) is 0 Å². The molecule has 0 atom stereocenters. The molecule has 0 aliphatic heterocycles. The van der Waals surface area contributed by atoms with Gasteiger partial charge in [0.2, 0.25) is 0 Å². The summed E-state index contributed by atoms with van der Waals surface area (Å²) in [5.41, 5.74) is 0. The fraction of sp³-hybridized carbons (Fsp3) is 1.00. The normalized spacial score (nSPS) is 18.6. The van der Waals surface area contributed by atoms with Crippen molar-refractivity contribution < 1.29 is 0 Å². The molecule has 0 aromatic carbocycles. The first-order chi connectivity index (χ1) is 6.93. The van der Waals surface area contributed by atoms with Gasteiger partial charge in [0.15, 0.2) is 0 Å². The molecule has 1 saturated carbocycles. The highest BCUT2D eigenvalue weighted by Crippen LogP contribution is 2.26. The third kappa shape index (κ3) is 5.61. The van der Waals surface area contributed by atoms with Gasteiger partial charge in [0.05, 0.1) is 0 Å². The molecule has 0 spiro atoms. The first-order valence-electron chi connectivity index (χ1n) is 6.29. The van der Waals surface area contributed by atoms with Crippen LogP contribution in [-0.4, -0.2) is 26.7 Å². The van der Waals surface area contributed by atoms with Crippen LogP contribution in [-0.2, 0) is 0 Å². The smallest absolute Gasteiger partial charge is 0.00766 e. The lowest BCUT2D eigenvalue weighted by Gasteiger charge is -2.21. The zero-order valence-corrected chi connectivity index (χ0v) is 9.65. The number of nitrogens with one attached hydrogen (secondary N) is 2. The number of likely N-dealkylation sites (N-methyl/N-ethyl adjacent to an activating group) is 1. The Morgan fingerprint density at radius 1 is 1.00 bits per heavy atom. The molecule has 0 unspecified atom stereocenters. The van der Waals surface area contributed by atoms with E-state index in [1.807, 2.05) is 7.05 Å². The second kappa shape index (κ2) is 8.25. The Kier molecular flexibility index (Phi) is 7.06. The lowest BCUT2D eigenvalue weighted by atomic mass is 9.86. The van der Waals surface area contributed by atoms with E-state index in [0.717, 1.165) is 19.0 Å². The summed E-state index contributed by atoms with van der Waals surface area (Å²) in [6.07, 6.45) is 10.3. The highest BCUT2D eigenvalue weighted by atomic mass is 14.9. The van der Waals surface area contributed by atoms with Crippen LogP contribution in [0.2, 0.25) is 0 Å². The Morgan fingerprint density at radius 3 is 2.50 bits per heavy atom. The third-order valence-corrected chi connectivity index (χ3v) is 3.24. The van der Waals surface area contributed by atoms with Gasteiger partial charge in [-0.3, -0.25) is 0 Å². The first-order valence-corrected chi connectivity index (χ1v) is 6.29. The predicted molar refractivity (Wildman–Crippen MR) is 62.6 cm³/mol. The minimum Gasteiger partial charge on any atom is -0.318 e.